The molecule has 0 spiro atoms. The lowest BCUT2D eigenvalue weighted by molar-refractivity contribution is -0.123. The quantitative estimate of drug-likeness (QED) is 0.188. The van der Waals surface area contributed by atoms with Crippen molar-refractivity contribution >= 4 is 34.3 Å². The molecule has 5 aromatic rings. The third-order valence-electron chi connectivity index (χ3n) is 8.42. The fourth-order valence-corrected chi connectivity index (χ4v) is 6.27. The van der Waals surface area contributed by atoms with Gasteiger partial charge in [0.15, 0.2) is 0 Å². The molecule has 8 nitrogen and oxygen atoms in total. The van der Waals surface area contributed by atoms with E-state index in [1.54, 1.807) is 50.7 Å². The summed E-state index contributed by atoms with van der Waals surface area (Å²) < 4.78 is 10.7. The van der Waals surface area contributed by atoms with E-state index in [0.717, 1.165) is 21.4 Å². The first-order chi connectivity index (χ1) is 21.8. The monoisotopic (exact) mass is 599 g/mol. The fourth-order valence-electron chi connectivity index (χ4n) is 6.27. The first kappa shape index (κ1) is 29.6. The number of benzene rings is 4. The van der Waals surface area contributed by atoms with Gasteiger partial charge in [-0.2, -0.15) is 0 Å². The maximum atomic E-state index is 14.7. The number of pyridine rings is 1. The first-order valence-electron chi connectivity index (χ1n) is 14.7. The number of para-hydroxylation sites is 1. The maximum absolute atomic E-state index is 14.7. The zero-order chi connectivity index (χ0) is 31.6. The van der Waals surface area contributed by atoms with Crippen molar-refractivity contribution in [3.05, 3.63) is 132 Å². The molecule has 1 atom stereocenters. The van der Waals surface area contributed by atoms with Gasteiger partial charge in [-0.25, -0.2) is 0 Å². The molecule has 1 aliphatic rings. The number of fused-ring (bicyclic) bond motifs is 2. The summed E-state index contributed by atoms with van der Waals surface area (Å²) in [4.78, 5) is 48.4. The van der Waals surface area contributed by atoms with Crippen molar-refractivity contribution in [2.45, 2.75) is 25.8 Å². The van der Waals surface area contributed by atoms with Crippen LogP contribution in [0.1, 0.15) is 38.8 Å². The molecule has 4 aromatic carbocycles. The number of ether oxygens (including phenoxy) is 2. The third kappa shape index (κ3) is 5.74. The second kappa shape index (κ2) is 12.2. The smallest absolute Gasteiger partial charge is 0.262 e. The summed E-state index contributed by atoms with van der Waals surface area (Å²) in [6, 6.07) is 30.0. The number of carbonyl (C=O) groups excluding carboxylic acids is 3. The van der Waals surface area contributed by atoms with E-state index in [1.807, 2.05) is 79.7 Å². The Labute approximate surface area is 261 Å². The van der Waals surface area contributed by atoms with Crippen molar-refractivity contribution < 1.29 is 23.9 Å². The molecule has 1 unspecified atom stereocenters. The molecule has 1 aromatic heterocycles. The Kier molecular flexibility index (Phi) is 8.04. The molecule has 0 fully saturated rings. The van der Waals surface area contributed by atoms with Crippen LogP contribution in [0.5, 0.6) is 11.5 Å². The molecule has 0 aliphatic carbocycles. The van der Waals surface area contributed by atoms with Gasteiger partial charge in [-0.3, -0.25) is 24.3 Å². The van der Waals surface area contributed by atoms with Crippen LogP contribution in [-0.4, -0.2) is 47.9 Å². The Morgan fingerprint density at radius 1 is 0.756 bits per heavy atom. The Morgan fingerprint density at radius 2 is 1.29 bits per heavy atom. The molecule has 3 amide bonds. The minimum atomic E-state index is -1.19. The number of methoxy groups -OCH3 is 2. The van der Waals surface area contributed by atoms with Crippen molar-refractivity contribution in [2.75, 3.05) is 19.5 Å². The number of imide groups is 1. The predicted octanol–water partition coefficient (Wildman–Crippen LogP) is 6.35. The second-order valence-electron chi connectivity index (χ2n) is 11.5. The molecular weight excluding hydrogens is 566 g/mol. The molecule has 0 bridgehead atoms. The number of rotatable bonds is 10. The van der Waals surface area contributed by atoms with E-state index >= 15 is 0 Å². The molecular formula is C37H33N3O5. The fraction of sp³-hybridized carbons (Fsp3) is 0.189. The van der Waals surface area contributed by atoms with E-state index in [4.69, 9.17) is 9.47 Å². The molecule has 1 aliphatic heterocycles. The van der Waals surface area contributed by atoms with Crippen LogP contribution in [0, 0.1) is 5.41 Å². The topological polar surface area (TPSA) is 97.8 Å². The highest BCUT2D eigenvalue weighted by atomic mass is 16.5. The average molecular weight is 600 g/mol. The SMILES string of the molecule is COc1ccc(CC(C)(Cc2ccc(OC)cc2)C(C(=O)Nc2cccc3cccnc23)N2C(=O)c3ccccc3C2=O)cc1. The highest BCUT2D eigenvalue weighted by Crippen LogP contribution is 2.39. The van der Waals surface area contributed by atoms with Crippen LogP contribution in [0.2, 0.25) is 0 Å². The summed E-state index contributed by atoms with van der Waals surface area (Å²) in [5, 5.41) is 3.91. The van der Waals surface area contributed by atoms with E-state index in [-0.39, 0.29) is 11.1 Å². The number of hydrogen-bond acceptors (Lipinski definition) is 6. The Hall–Kier alpha value is -5.50. The molecule has 45 heavy (non-hydrogen) atoms. The summed E-state index contributed by atoms with van der Waals surface area (Å²) in [7, 11) is 3.21. The average Bonchev–Trinajstić information content (AvgIpc) is 3.31. The minimum Gasteiger partial charge on any atom is -0.497 e. The van der Waals surface area contributed by atoms with Gasteiger partial charge in [0.05, 0.1) is 36.6 Å². The lowest BCUT2D eigenvalue weighted by Crippen LogP contribution is -2.57. The highest BCUT2D eigenvalue weighted by Gasteiger charge is 2.51. The molecule has 1 N–H and O–H groups in total. The van der Waals surface area contributed by atoms with Crippen molar-refractivity contribution in [3.63, 3.8) is 0 Å². The van der Waals surface area contributed by atoms with Gasteiger partial charge in [0.2, 0.25) is 5.91 Å². The molecule has 8 heteroatoms. The van der Waals surface area contributed by atoms with Crippen molar-refractivity contribution in [3.8, 4) is 11.5 Å². The van der Waals surface area contributed by atoms with Crippen molar-refractivity contribution in [2.24, 2.45) is 5.41 Å². The third-order valence-corrected chi connectivity index (χ3v) is 8.42. The number of carbonyl (C=O) groups is 3. The summed E-state index contributed by atoms with van der Waals surface area (Å²) in [6.45, 7) is 1.95. The van der Waals surface area contributed by atoms with E-state index in [0.29, 0.717) is 35.5 Å². The zero-order valence-electron chi connectivity index (χ0n) is 25.3. The van der Waals surface area contributed by atoms with Crippen LogP contribution in [0.4, 0.5) is 5.69 Å². The molecule has 6 rings (SSSR count). The summed E-state index contributed by atoms with van der Waals surface area (Å²) >= 11 is 0. The first-order valence-corrected chi connectivity index (χ1v) is 14.7. The molecule has 0 saturated carbocycles. The van der Waals surface area contributed by atoms with Crippen LogP contribution in [0.25, 0.3) is 10.9 Å². The number of amides is 3. The zero-order valence-corrected chi connectivity index (χ0v) is 25.3. The number of nitrogens with zero attached hydrogens (tertiary/aromatic N) is 2. The van der Waals surface area contributed by atoms with Crippen LogP contribution in [0.15, 0.2) is 109 Å². The van der Waals surface area contributed by atoms with Crippen LogP contribution < -0.4 is 14.8 Å². The number of hydrogen-bond donors (Lipinski definition) is 1. The predicted molar refractivity (Wildman–Crippen MR) is 173 cm³/mol. The number of anilines is 1. The largest absolute Gasteiger partial charge is 0.497 e. The number of aromatic nitrogens is 1. The van der Waals surface area contributed by atoms with Crippen molar-refractivity contribution in [1.29, 1.82) is 0 Å². The number of nitrogens with one attached hydrogen (secondary N) is 1. The molecule has 226 valence electrons. The Morgan fingerprint density at radius 3 is 1.82 bits per heavy atom. The normalized spacial score (nSPS) is 13.4. The van der Waals surface area contributed by atoms with Crippen LogP contribution in [-0.2, 0) is 17.6 Å². The lowest BCUT2D eigenvalue weighted by Gasteiger charge is -2.41. The maximum Gasteiger partial charge on any atom is 0.262 e. The second-order valence-corrected chi connectivity index (χ2v) is 11.5. The van der Waals surface area contributed by atoms with Gasteiger partial charge in [0.25, 0.3) is 11.8 Å². The molecule has 0 saturated heterocycles. The molecule has 2 heterocycles. The van der Waals surface area contributed by atoms with E-state index < -0.39 is 29.2 Å². The Bertz CT molecular complexity index is 1800. The molecule has 0 radical (unpaired) electrons. The minimum absolute atomic E-state index is 0.281. The van der Waals surface area contributed by atoms with Gasteiger partial charge in [-0.15, -0.1) is 0 Å². The van der Waals surface area contributed by atoms with Gasteiger partial charge < -0.3 is 14.8 Å². The van der Waals surface area contributed by atoms with E-state index in [2.05, 4.69) is 10.3 Å². The standard InChI is InChI=1S/C37H33N3O5/c1-37(22-24-13-17-27(44-2)18-14-24,23-25-15-19-28(45-3)20-16-25)33(40-35(42)29-10-4-5-11-30(29)36(40)43)34(41)39-31-12-6-8-26-9-7-21-38-32(26)31/h4-21,33H,22-23H2,1-3H3,(H,39,41). The van der Waals surface area contributed by atoms with E-state index in [1.165, 1.54) is 0 Å². The van der Waals surface area contributed by atoms with Crippen LogP contribution >= 0.6 is 0 Å². The van der Waals surface area contributed by atoms with E-state index in [9.17, 15) is 14.4 Å². The van der Waals surface area contributed by atoms with Gasteiger partial charge >= 0.3 is 0 Å². The van der Waals surface area contributed by atoms with Gasteiger partial charge in [-0.05, 0) is 72.5 Å². The summed E-state index contributed by atoms with van der Waals surface area (Å²) in [5.74, 6) is -0.0699. The summed E-state index contributed by atoms with van der Waals surface area (Å²) in [6.07, 6.45) is 2.42. The summed E-state index contributed by atoms with van der Waals surface area (Å²) in [5.41, 5.74) is 2.56. The lowest BCUT2D eigenvalue weighted by atomic mass is 9.71. The van der Waals surface area contributed by atoms with Gasteiger partial charge in [-0.1, -0.05) is 61.5 Å². The van der Waals surface area contributed by atoms with Crippen molar-refractivity contribution in [1.82, 2.24) is 9.88 Å². The van der Waals surface area contributed by atoms with Crippen LogP contribution in [0.3, 0.4) is 0 Å². The van der Waals surface area contributed by atoms with Gasteiger partial charge in [0, 0.05) is 17.0 Å². The van der Waals surface area contributed by atoms with Gasteiger partial charge in [0.1, 0.15) is 17.5 Å². The Balaban J connectivity index is 1.48. The highest BCUT2D eigenvalue weighted by molar-refractivity contribution is 6.23.